The Hall–Kier alpha value is -0.620. The van der Waals surface area contributed by atoms with E-state index in [1.165, 1.54) is 23.1 Å². The van der Waals surface area contributed by atoms with Crippen molar-refractivity contribution in [1.29, 1.82) is 0 Å². The third kappa shape index (κ3) is 3.82. The number of anilines is 1. The van der Waals surface area contributed by atoms with E-state index in [1.54, 1.807) is 17.7 Å². The van der Waals surface area contributed by atoms with Crippen molar-refractivity contribution in [3.63, 3.8) is 0 Å². The smallest absolute Gasteiger partial charge is 0.140 e. The Balaban J connectivity index is 0.00000121. The van der Waals surface area contributed by atoms with Gasteiger partial charge in [0.1, 0.15) is 17.0 Å². The molecule has 1 aliphatic rings. The molecule has 7 heteroatoms. The lowest BCUT2D eigenvalue weighted by molar-refractivity contribution is 0.249. The summed E-state index contributed by atoms with van der Waals surface area (Å²) in [5.41, 5.74) is 0. The van der Waals surface area contributed by atoms with E-state index in [1.807, 2.05) is 0 Å². The van der Waals surface area contributed by atoms with Crippen LogP contribution in [-0.2, 0) is 6.42 Å². The van der Waals surface area contributed by atoms with Crippen LogP contribution in [-0.4, -0.2) is 48.1 Å². The van der Waals surface area contributed by atoms with E-state index in [4.69, 9.17) is 0 Å². The third-order valence-corrected chi connectivity index (χ3v) is 5.39. The summed E-state index contributed by atoms with van der Waals surface area (Å²) in [6.45, 7) is 4.37. The first kappa shape index (κ1) is 19.4. The molecule has 0 radical (unpaired) electrons. The van der Waals surface area contributed by atoms with Gasteiger partial charge in [0.25, 0.3) is 0 Å². The Kier molecular flexibility index (Phi) is 7.32. The van der Waals surface area contributed by atoms with Gasteiger partial charge in [-0.2, -0.15) is 0 Å². The zero-order chi connectivity index (χ0) is 14.1. The van der Waals surface area contributed by atoms with Crippen molar-refractivity contribution in [2.24, 2.45) is 0 Å². The number of thiophene rings is 1. The molecule has 22 heavy (non-hydrogen) atoms. The van der Waals surface area contributed by atoms with Gasteiger partial charge in [0.15, 0.2) is 0 Å². The van der Waals surface area contributed by atoms with Crippen LogP contribution in [0.4, 0.5) is 5.82 Å². The lowest BCUT2D eigenvalue weighted by atomic mass is 10.0. The maximum absolute atomic E-state index is 4.56. The van der Waals surface area contributed by atoms with Gasteiger partial charge in [-0.05, 0) is 39.4 Å². The summed E-state index contributed by atoms with van der Waals surface area (Å²) in [6, 6.07) is 2.98. The summed E-state index contributed by atoms with van der Waals surface area (Å²) >= 11 is 1.79. The summed E-state index contributed by atoms with van der Waals surface area (Å²) in [7, 11) is 4.35. The van der Waals surface area contributed by atoms with Crippen molar-refractivity contribution >= 4 is 52.2 Å². The minimum atomic E-state index is 0. The highest BCUT2D eigenvalue weighted by atomic mass is 35.5. The summed E-state index contributed by atoms with van der Waals surface area (Å²) < 4.78 is 0. The minimum absolute atomic E-state index is 0. The number of fused-ring (bicyclic) bond motifs is 1. The average Bonchev–Trinajstić information content (AvgIpc) is 2.90. The van der Waals surface area contributed by atoms with E-state index >= 15 is 0 Å². The molecule has 0 saturated carbocycles. The Morgan fingerprint density at radius 3 is 2.50 bits per heavy atom. The van der Waals surface area contributed by atoms with Gasteiger partial charge in [0.05, 0.1) is 5.39 Å². The second-order valence-corrected chi connectivity index (χ2v) is 6.78. The van der Waals surface area contributed by atoms with Crippen molar-refractivity contribution in [1.82, 2.24) is 14.9 Å². The second-order valence-electron chi connectivity index (χ2n) is 5.66. The lowest BCUT2D eigenvalue weighted by Gasteiger charge is -2.35. The van der Waals surface area contributed by atoms with E-state index in [0.717, 1.165) is 30.2 Å². The van der Waals surface area contributed by atoms with Gasteiger partial charge >= 0.3 is 0 Å². The van der Waals surface area contributed by atoms with Gasteiger partial charge < -0.3 is 9.80 Å². The molecule has 2 aromatic rings. The van der Waals surface area contributed by atoms with E-state index in [9.17, 15) is 0 Å². The standard InChI is InChI=1S/C15H22N4S.2ClH/c1-4-12-9-13-14(16-10-17-15(13)20-12)19-7-5-11(6-8-19)18(2)3;;/h9-11H,4-8H2,1-3H3;2*1H. The molecule has 0 spiro atoms. The molecule has 0 aromatic carbocycles. The van der Waals surface area contributed by atoms with Crippen LogP contribution in [0.5, 0.6) is 0 Å². The van der Waals surface area contributed by atoms with E-state index in [0.29, 0.717) is 6.04 Å². The first-order chi connectivity index (χ1) is 9.69. The Bertz CT molecular complexity index is 594. The van der Waals surface area contributed by atoms with Crippen LogP contribution in [0.3, 0.4) is 0 Å². The zero-order valence-electron chi connectivity index (χ0n) is 13.3. The zero-order valence-corrected chi connectivity index (χ0v) is 15.7. The number of rotatable bonds is 3. The van der Waals surface area contributed by atoms with Crippen LogP contribution >= 0.6 is 36.2 Å². The van der Waals surface area contributed by atoms with Crippen LogP contribution < -0.4 is 4.90 Å². The number of nitrogens with zero attached hydrogens (tertiary/aromatic N) is 4. The highest BCUT2D eigenvalue weighted by Gasteiger charge is 2.23. The summed E-state index contributed by atoms with van der Waals surface area (Å²) in [6.07, 6.45) is 5.21. The summed E-state index contributed by atoms with van der Waals surface area (Å²) in [5, 5.41) is 1.23. The predicted molar refractivity (Wildman–Crippen MR) is 100 cm³/mol. The minimum Gasteiger partial charge on any atom is -0.356 e. The van der Waals surface area contributed by atoms with Gasteiger partial charge in [-0.15, -0.1) is 36.2 Å². The first-order valence-electron chi connectivity index (χ1n) is 7.34. The SMILES string of the molecule is CCc1cc2c(N3CCC(N(C)C)CC3)ncnc2s1.Cl.Cl. The summed E-state index contributed by atoms with van der Waals surface area (Å²) in [5.74, 6) is 1.13. The van der Waals surface area contributed by atoms with Crippen LogP contribution in [0, 0.1) is 0 Å². The molecule has 0 bridgehead atoms. The number of hydrogen-bond donors (Lipinski definition) is 0. The molecular weight excluding hydrogens is 339 g/mol. The van der Waals surface area contributed by atoms with Crippen LogP contribution in [0.1, 0.15) is 24.6 Å². The van der Waals surface area contributed by atoms with Gasteiger partial charge in [-0.25, -0.2) is 9.97 Å². The van der Waals surface area contributed by atoms with Crippen molar-refractivity contribution in [3.8, 4) is 0 Å². The first-order valence-corrected chi connectivity index (χ1v) is 8.15. The van der Waals surface area contributed by atoms with Crippen molar-refractivity contribution in [2.75, 3.05) is 32.1 Å². The van der Waals surface area contributed by atoms with Crippen LogP contribution in [0.15, 0.2) is 12.4 Å². The predicted octanol–water partition coefficient (Wildman–Crippen LogP) is 3.63. The molecule has 1 aliphatic heterocycles. The normalized spacial score (nSPS) is 15.7. The average molecular weight is 363 g/mol. The number of piperidine rings is 1. The van der Waals surface area contributed by atoms with E-state index in [2.05, 4.69) is 46.9 Å². The highest BCUT2D eigenvalue weighted by Crippen LogP contribution is 2.32. The topological polar surface area (TPSA) is 32.3 Å². The second kappa shape index (κ2) is 8.29. The Morgan fingerprint density at radius 2 is 1.91 bits per heavy atom. The molecule has 0 N–H and O–H groups in total. The van der Waals surface area contributed by atoms with E-state index in [-0.39, 0.29) is 24.8 Å². The fraction of sp³-hybridized carbons (Fsp3) is 0.600. The molecule has 0 amide bonds. The Labute approximate surface area is 148 Å². The molecule has 0 aliphatic carbocycles. The van der Waals surface area contributed by atoms with Crippen LogP contribution in [0.2, 0.25) is 0 Å². The molecule has 0 atom stereocenters. The number of aromatic nitrogens is 2. The largest absolute Gasteiger partial charge is 0.356 e. The molecular formula is C15H24Cl2N4S. The molecule has 1 saturated heterocycles. The number of hydrogen-bond acceptors (Lipinski definition) is 5. The molecule has 124 valence electrons. The molecule has 3 rings (SSSR count). The fourth-order valence-electron chi connectivity index (χ4n) is 2.91. The molecule has 0 unspecified atom stereocenters. The lowest BCUT2D eigenvalue weighted by Crippen LogP contribution is -2.42. The van der Waals surface area contributed by atoms with Gasteiger partial charge in [0.2, 0.25) is 0 Å². The quantitative estimate of drug-likeness (QED) is 0.834. The fourth-order valence-corrected chi connectivity index (χ4v) is 3.84. The van der Waals surface area contributed by atoms with Crippen molar-refractivity contribution in [2.45, 2.75) is 32.2 Å². The maximum Gasteiger partial charge on any atom is 0.140 e. The Morgan fingerprint density at radius 1 is 1.23 bits per heavy atom. The van der Waals surface area contributed by atoms with Gasteiger partial charge in [0, 0.05) is 24.0 Å². The monoisotopic (exact) mass is 362 g/mol. The molecule has 2 aromatic heterocycles. The van der Waals surface area contributed by atoms with Gasteiger partial charge in [-0.3, -0.25) is 0 Å². The highest BCUT2D eigenvalue weighted by molar-refractivity contribution is 7.18. The van der Waals surface area contributed by atoms with Crippen molar-refractivity contribution < 1.29 is 0 Å². The number of halogens is 2. The van der Waals surface area contributed by atoms with E-state index < -0.39 is 0 Å². The molecule has 1 fully saturated rings. The van der Waals surface area contributed by atoms with Crippen LogP contribution in [0.25, 0.3) is 10.2 Å². The molecule has 3 heterocycles. The van der Waals surface area contributed by atoms with Crippen molar-refractivity contribution in [3.05, 3.63) is 17.3 Å². The number of aryl methyl sites for hydroxylation is 1. The summed E-state index contributed by atoms with van der Waals surface area (Å²) in [4.78, 5) is 16.3. The maximum atomic E-state index is 4.56. The van der Waals surface area contributed by atoms with Gasteiger partial charge in [-0.1, -0.05) is 6.92 Å². The third-order valence-electron chi connectivity index (χ3n) is 4.20. The molecule has 4 nitrogen and oxygen atoms in total.